The van der Waals surface area contributed by atoms with E-state index < -0.39 is 5.56 Å². The number of nitrogens with zero attached hydrogens (tertiary/aromatic N) is 3. The summed E-state index contributed by atoms with van der Waals surface area (Å²) in [7, 11) is 3.01. The van der Waals surface area contributed by atoms with Gasteiger partial charge < -0.3 is 0 Å². The highest BCUT2D eigenvalue weighted by molar-refractivity contribution is 6.34. The molecule has 6 heteroatoms. The van der Waals surface area contributed by atoms with Crippen LogP contribution in [0.3, 0.4) is 0 Å². The molecule has 84 valence electrons. The van der Waals surface area contributed by atoms with Crippen molar-refractivity contribution in [3.8, 4) is 0 Å². The molecule has 0 aromatic carbocycles. The van der Waals surface area contributed by atoms with Crippen molar-refractivity contribution < 1.29 is 0 Å². The molecule has 0 aliphatic heterocycles. The Hall–Kier alpha value is -1.62. The first-order valence-corrected chi connectivity index (χ1v) is 5.04. The van der Waals surface area contributed by atoms with Crippen LogP contribution >= 0.6 is 11.6 Å². The van der Waals surface area contributed by atoms with Crippen LogP contribution in [0, 0.1) is 6.92 Å². The predicted molar refractivity (Wildman–Crippen MR) is 62.0 cm³/mol. The van der Waals surface area contributed by atoms with Crippen LogP contribution in [0.2, 0.25) is 5.15 Å². The number of aromatic nitrogens is 3. The Kier molecular flexibility index (Phi) is 2.35. The maximum absolute atomic E-state index is 11.9. The lowest BCUT2D eigenvalue weighted by Crippen LogP contribution is -2.37. The third kappa shape index (κ3) is 1.36. The van der Waals surface area contributed by atoms with Crippen LogP contribution in [-0.4, -0.2) is 14.1 Å². The van der Waals surface area contributed by atoms with Crippen LogP contribution in [0.5, 0.6) is 0 Å². The maximum atomic E-state index is 11.9. The van der Waals surface area contributed by atoms with Gasteiger partial charge in [0.25, 0.3) is 5.56 Å². The Morgan fingerprint density at radius 3 is 2.50 bits per heavy atom. The summed E-state index contributed by atoms with van der Waals surface area (Å²) >= 11 is 5.92. The van der Waals surface area contributed by atoms with E-state index in [9.17, 15) is 9.59 Å². The molecule has 0 bridgehead atoms. The van der Waals surface area contributed by atoms with Crippen LogP contribution in [0.1, 0.15) is 5.69 Å². The fourth-order valence-corrected chi connectivity index (χ4v) is 1.97. The normalized spacial score (nSPS) is 11.0. The zero-order chi connectivity index (χ0) is 12.0. The second-order valence-electron chi connectivity index (χ2n) is 3.65. The van der Waals surface area contributed by atoms with Gasteiger partial charge in [-0.15, -0.1) is 0 Å². The van der Waals surface area contributed by atoms with E-state index >= 15 is 0 Å². The van der Waals surface area contributed by atoms with E-state index in [4.69, 9.17) is 11.6 Å². The molecule has 0 spiro atoms. The van der Waals surface area contributed by atoms with Crippen molar-refractivity contribution in [2.45, 2.75) is 6.92 Å². The Morgan fingerprint density at radius 2 is 1.88 bits per heavy atom. The molecule has 5 nitrogen and oxygen atoms in total. The van der Waals surface area contributed by atoms with Crippen LogP contribution in [0.25, 0.3) is 10.9 Å². The fraction of sp³-hybridized carbons (Fsp3) is 0.300. The van der Waals surface area contributed by atoms with Gasteiger partial charge in [0.05, 0.1) is 5.52 Å². The van der Waals surface area contributed by atoms with Gasteiger partial charge in [-0.1, -0.05) is 11.6 Å². The minimum atomic E-state index is -0.421. The van der Waals surface area contributed by atoms with Gasteiger partial charge in [-0.25, -0.2) is 9.78 Å². The summed E-state index contributed by atoms with van der Waals surface area (Å²) in [6, 6.07) is 1.67. The standard InChI is InChI=1S/C10H10ClN3O2/c1-5-4-6-7(8(11)12-5)9(15)14(3)10(16)13(6)2/h4H,1-3H3. The maximum Gasteiger partial charge on any atom is 0.330 e. The molecule has 0 N–H and O–H groups in total. The number of pyridine rings is 1. The van der Waals surface area contributed by atoms with E-state index in [2.05, 4.69) is 4.98 Å². The average molecular weight is 240 g/mol. The molecule has 16 heavy (non-hydrogen) atoms. The molecule has 0 aliphatic carbocycles. The molecule has 0 fully saturated rings. The van der Waals surface area contributed by atoms with Gasteiger partial charge in [0, 0.05) is 19.8 Å². The summed E-state index contributed by atoms with van der Waals surface area (Å²) in [6.07, 6.45) is 0. The SMILES string of the molecule is Cc1cc2c(c(Cl)n1)c(=O)n(C)c(=O)n2C. The lowest BCUT2D eigenvalue weighted by Gasteiger charge is -2.08. The number of fused-ring (bicyclic) bond motifs is 1. The zero-order valence-electron chi connectivity index (χ0n) is 9.11. The molecule has 2 aromatic rings. The lowest BCUT2D eigenvalue weighted by molar-refractivity contribution is 0.712. The van der Waals surface area contributed by atoms with Gasteiger partial charge in [0.15, 0.2) is 0 Å². The summed E-state index contributed by atoms with van der Waals surface area (Å²) in [6.45, 7) is 1.76. The topological polar surface area (TPSA) is 56.9 Å². The fourth-order valence-electron chi connectivity index (χ4n) is 1.66. The molecule has 0 aliphatic rings. The number of aryl methyl sites for hydroxylation is 2. The van der Waals surface area contributed by atoms with Crippen LogP contribution in [0.15, 0.2) is 15.7 Å². The minimum Gasteiger partial charge on any atom is -0.296 e. The summed E-state index contributed by atoms with van der Waals surface area (Å²) in [5.41, 5.74) is 0.376. The molecule has 0 unspecified atom stereocenters. The van der Waals surface area contributed by atoms with Crippen LogP contribution in [-0.2, 0) is 14.1 Å². The van der Waals surface area contributed by atoms with E-state index in [0.29, 0.717) is 11.2 Å². The van der Waals surface area contributed by atoms with Crippen LogP contribution < -0.4 is 11.2 Å². The second kappa shape index (κ2) is 3.45. The quantitative estimate of drug-likeness (QED) is 0.633. The molecule has 0 atom stereocenters. The Morgan fingerprint density at radius 1 is 1.25 bits per heavy atom. The molecule has 2 heterocycles. The molecule has 0 saturated carbocycles. The highest BCUT2D eigenvalue weighted by Crippen LogP contribution is 2.17. The molecule has 0 saturated heterocycles. The third-order valence-corrected chi connectivity index (χ3v) is 2.81. The molecule has 0 radical (unpaired) electrons. The summed E-state index contributed by atoms with van der Waals surface area (Å²) < 4.78 is 2.41. The monoisotopic (exact) mass is 239 g/mol. The Labute approximate surface area is 95.9 Å². The van der Waals surface area contributed by atoms with Gasteiger partial charge >= 0.3 is 5.69 Å². The second-order valence-corrected chi connectivity index (χ2v) is 4.01. The van der Waals surface area contributed by atoms with E-state index in [1.54, 1.807) is 20.0 Å². The zero-order valence-corrected chi connectivity index (χ0v) is 9.87. The minimum absolute atomic E-state index is 0.131. The highest BCUT2D eigenvalue weighted by Gasteiger charge is 2.12. The van der Waals surface area contributed by atoms with Crippen molar-refractivity contribution in [3.63, 3.8) is 0 Å². The largest absolute Gasteiger partial charge is 0.330 e. The van der Waals surface area contributed by atoms with Gasteiger partial charge in [-0.3, -0.25) is 13.9 Å². The molecule has 2 rings (SSSR count). The van der Waals surface area contributed by atoms with Crippen molar-refractivity contribution in [2.24, 2.45) is 14.1 Å². The first-order chi connectivity index (χ1) is 7.43. The first-order valence-electron chi connectivity index (χ1n) is 4.66. The van der Waals surface area contributed by atoms with Crippen LogP contribution in [0.4, 0.5) is 0 Å². The number of hydrogen-bond acceptors (Lipinski definition) is 3. The van der Waals surface area contributed by atoms with Crippen molar-refractivity contribution in [1.82, 2.24) is 14.1 Å². The van der Waals surface area contributed by atoms with Crippen molar-refractivity contribution >= 4 is 22.5 Å². The van der Waals surface area contributed by atoms with E-state index in [0.717, 1.165) is 4.57 Å². The summed E-state index contributed by atoms with van der Waals surface area (Å²) in [4.78, 5) is 27.6. The third-order valence-electron chi connectivity index (χ3n) is 2.54. The smallest absolute Gasteiger partial charge is 0.296 e. The van der Waals surface area contributed by atoms with Gasteiger partial charge in [0.2, 0.25) is 0 Å². The summed E-state index contributed by atoms with van der Waals surface area (Å²) in [5, 5.41) is 0.406. The number of rotatable bonds is 0. The first kappa shape index (κ1) is 10.9. The van der Waals surface area contributed by atoms with E-state index in [1.165, 1.54) is 11.6 Å². The predicted octanol–water partition coefficient (Wildman–Crippen LogP) is 0.594. The van der Waals surface area contributed by atoms with Crippen molar-refractivity contribution in [2.75, 3.05) is 0 Å². The summed E-state index contributed by atoms with van der Waals surface area (Å²) in [5.74, 6) is 0. The molecule has 0 amide bonds. The van der Waals surface area contributed by atoms with E-state index in [-0.39, 0.29) is 16.2 Å². The van der Waals surface area contributed by atoms with Gasteiger partial charge in [0.1, 0.15) is 10.5 Å². The lowest BCUT2D eigenvalue weighted by atomic mass is 10.2. The number of hydrogen-bond donors (Lipinski definition) is 0. The molecule has 2 aromatic heterocycles. The number of halogens is 1. The Balaban J connectivity index is 3.22. The van der Waals surface area contributed by atoms with Gasteiger partial charge in [-0.2, -0.15) is 0 Å². The molecular formula is C10H10ClN3O2. The average Bonchev–Trinajstić information content (AvgIpc) is 2.22. The van der Waals surface area contributed by atoms with E-state index in [1.807, 2.05) is 0 Å². The highest BCUT2D eigenvalue weighted by atomic mass is 35.5. The van der Waals surface area contributed by atoms with Gasteiger partial charge in [-0.05, 0) is 13.0 Å². The van der Waals surface area contributed by atoms with Crippen molar-refractivity contribution in [1.29, 1.82) is 0 Å². The Bertz CT molecular complexity index is 700. The van der Waals surface area contributed by atoms with Crippen molar-refractivity contribution in [3.05, 3.63) is 37.8 Å². The molecular weight excluding hydrogens is 230 g/mol.